The Bertz CT molecular complexity index is 410. The fraction of sp³-hybridized carbons (Fsp3) is 0.643. The van der Waals surface area contributed by atoms with Crippen LogP contribution < -0.4 is 0 Å². The van der Waals surface area contributed by atoms with E-state index in [1.54, 1.807) is 0 Å². The smallest absolute Gasteiger partial charge is 0.234 e. The molecule has 4 heteroatoms. The van der Waals surface area contributed by atoms with Crippen molar-refractivity contribution in [2.45, 2.75) is 26.3 Å². The Labute approximate surface area is 114 Å². The van der Waals surface area contributed by atoms with Crippen LogP contribution in [-0.4, -0.2) is 52.6 Å². The van der Waals surface area contributed by atoms with Gasteiger partial charge in [0.05, 0.1) is 11.3 Å². The number of allylic oxidation sites excluding steroid dienone is 2. The van der Waals surface area contributed by atoms with E-state index in [1.807, 2.05) is 11.8 Å². The Balaban J connectivity index is 2.03. The van der Waals surface area contributed by atoms with Crippen LogP contribution in [0, 0.1) is 0 Å². The van der Waals surface area contributed by atoms with Crippen LogP contribution in [0.25, 0.3) is 0 Å². The van der Waals surface area contributed by atoms with Crippen molar-refractivity contribution >= 4 is 16.8 Å². The van der Waals surface area contributed by atoms with Crippen molar-refractivity contribution in [3.05, 3.63) is 24.1 Å². The second kappa shape index (κ2) is 5.39. The van der Waals surface area contributed by atoms with Gasteiger partial charge < -0.3 is 9.64 Å². The fourth-order valence-corrected chi connectivity index (χ4v) is 3.14. The van der Waals surface area contributed by atoms with Crippen LogP contribution in [0.3, 0.4) is 0 Å². The molecule has 2 aliphatic heterocycles. The van der Waals surface area contributed by atoms with Gasteiger partial charge in [0.2, 0.25) is 5.04 Å². The number of likely N-dealkylation sites (N-methyl/N-ethyl adjacent to an activating group) is 1. The number of rotatable bonds is 3. The molecule has 2 rings (SSSR count). The quantitative estimate of drug-likeness (QED) is 0.730. The lowest BCUT2D eigenvalue weighted by Gasteiger charge is -2.25. The molecule has 0 unspecified atom stereocenters. The van der Waals surface area contributed by atoms with Crippen LogP contribution in [0.1, 0.15) is 20.8 Å². The maximum Gasteiger partial charge on any atom is 0.234 e. The Morgan fingerprint density at radius 3 is 2.89 bits per heavy atom. The lowest BCUT2D eigenvalue weighted by molar-refractivity contribution is -0.513. The molecule has 0 aromatic carbocycles. The molecule has 1 fully saturated rings. The summed E-state index contributed by atoms with van der Waals surface area (Å²) in [5.41, 5.74) is 0.102. The van der Waals surface area contributed by atoms with Crippen LogP contribution in [0.4, 0.5) is 0 Å². The molecule has 0 amide bonds. The number of hydrogen-bond acceptors (Lipinski definition) is 3. The largest absolute Gasteiger partial charge is 0.477 e. The minimum atomic E-state index is 0.102. The van der Waals surface area contributed by atoms with Gasteiger partial charge >= 0.3 is 0 Å². The van der Waals surface area contributed by atoms with Gasteiger partial charge in [-0.15, -0.1) is 0 Å². The minimum absolute atomic E-state index is 0.102. The highest BCUT2D eigenvalue weighted by Crippen LogP contribution is 2.27. The molecular formula is C14H23N2OS+. The van der Waals surface area contributed by atoms with E-state index in [0.29, 0.717) is 0 Å². The monoisotopic (exact) mass is 267 g/mol. The number of ether oxygens (including phenoxy) is 1. The van der Waals surface area contributed by atoms with Crippen molar-refractivity contribution in [1.82, 2.24) is 4.90 Å². The molecule has 2 heterocycles. The topological polar surface area (TPSA) is 15.5 Å². The summed E-state index contributed by atoms with van der Waals surface area (Å²) in [6, 6.07) is 0. The van der Waals surface area contributed by atoms with Crippen molar-refractivity contribution in [2.24, 2.45) is 0 Å². The Hall–Kier alpha value is -0.900. The van der Waals surface area contributed by atoms with E-state index in [1.165, 1.54) is 17.3 Å². The van der Waals surface area contributed by atoms with Gasteiger partial charge in [0.15, 0.2) is 12.4 Å². The van der Waals surface area contributed by atoms with Gasteiger partial charge in [-0.05, 0) is 32.9 Å². The van der Waals surface area contributed by atoms with E-state index in [0.717, 1.165) is 19.0 Å². The zero-order chi connectivity index (χ0) is 13.2. The second-order valence-corrected chi connectivity index (χ2v) is 6.41. The third kappa shape index (κ3) is 2.74. The van der Waals surface area contributed by atoms with Crippen LogP contribution in [0.15, 0.2) is 24.1 Å². The summed E-state index contributed by atoms with van der Waals surface area (Å²) in [5.74, 6) is 2.16. The Morgan fingerprint density at radius 1 is 1.50 bits per heavy atom. The maximum atomic E-state index is 5.70. The summed E-state index contributed by atoms with van der Waals surface area (Å²) in [5, 5.41) is 1.37. The van der Waals surface area contributed by atoms with Gasteiger partial charge in [-0.25, -0.2) is 4.58 Å². The molecule has 0 radical (unpaired) electrons. The van der Waals surface area contributed by atoms with Gasteiger partial charge in [-0.2, -0.15) is 0 Å². The van der Waals surface area contributed by atoms with Crippen molar-refractivity contribution < 1.29 is 9.31 Å². The summed E-state index contributed by atoms with van der Waals surface area (Å²) >= 11 is 1.93. The van der Waals surface area contributed by atoms with Gasteiger partial charge in [-0.3, -0.25) is 0 Å². The van der Waals surface area contributed by atoms with Crippen LogP contribution in [0.5, 0.6) is 0 Å². The minimum Gasteiger partial charge on any atom is -0.477 e. The molecule has 100 valence electrons. The average Bonchev–Trinajstić information content (AvgIpc) is 2.88. The summed E-state index contributed by atoms with van der Waals surface area (Å²) in [6.07, 6.45) is 6.36. The lowest BCUT2D eigenvalue weighted by atomic mass is 10.1. The SMILES string of the molecule is CC[N+]1=C(C=CC=C2OCC(C)(C)N2C)SCC1. The molecule has 18 heavy (non-hydrogen) atoms. The van der Waals surface area contributed by atoms with Crippen LogP contribution >= 0.6 is 11.8 Å². The molecule has 0 aromatic rings. The highest BCUT2D eigenvalue weighted by Gasteiger charge is 2.33. The van der Waals surface area contributed by atoms with Crippen molar-refractivity contribution in [3.63, 3.8) is 0 Å². The standard InChI is InChI=1S/C14H23N2OS/c1-5-16-9-10-18-13(16)8-6-7-12-15(4)14(2,3)11-17-12/h6-8H,5,9-11H2,1-4H3/q+1. The lowest BCUT2D eigenvalue weighted by Crippen LogP contribution is -2.36. The zero-order valence-electron chi connectivity index (χ0n) is 11.8. The molecule has 0 aliphatic carbocycles. The third-order valence-electron chi connectivity index (χ3n) is 3.59. The third-order valence-corrected chi connectivity index (χ3v) is 4.67. The first-order valence-corrected chi connectivity index (χ1v) is 7.53. The molecule has 0 saturated carbocycles. The predicted molar refractivity (Wildman–Crippen MR) is 78.2 cm³/mol. The Kier molecular flexibility index (Phi) is 4.05. The molecule has 0 N–H and O–H groups in total. The summed E-state index contributed by atoms with van der Waals surface area (Å²) < 4.78 is 8.11. The first-order chi connectivity index (χ1) is 8.54. The van der Waals surface area contributed by atoms with E-state index >= 15 is 0 Å². The highest BCUT2D eigenvalue weighted by molar-refractivity contribution is 8.14. The number of nitrogens with zero attached hydrogens (tertiary/aromatic N) is 2. The normalized spacial score (nSPS) is 25.6. The van der Waals surface area contributed by atoms with Crippen LogP contribution in [0.2, 0.25) is 0 Å². The molecule has 0 spiro atoms. The van der Waals surface area contributed by atoms with Gasteiger partial charge in [0.25, 0.3) is 0 Å². The maximum absolute atomic E-state index is 5.70. The molecule has 0 aromatic heterocycles. The first kappa shape index (κ1) is 13.5. The summed E-state index contributed by atoms with van der Waals surface area (Å²) in [7, 11) is 2.09. The van der Waals surface area contributed by atoms with E-state index in [-0.39, 0.29) is 5.54 Å². The van der Waals surface area contributed by atoms with Crippen molar-refractivity contribution in [1.29, 1.82) is 0 Å². The van der Waals surface area contributed by atoms with Gasteiger partial charge in [0.1, 0.15) is 13.2 Å². The molecule has 0 bridgehead atoms. The highest BCUT2D eigenvalue weighted by atomic mass is 32.2. The van der Waals surface area contributed by atoms with Gasteiger partial charge in [0, 0.05) is 13.1 Å². The van der Waals surface area contributed by atoms with Crippen LogP contribution in [-0.2, 0) is 4.74 Å². The zero-order valence-corrected chi connectivity index (χ0v) is 12.6. The second-order valence-electron chi connectivity index (χ2n) is 5.29. The predicted octanol–water partition coefficient (Wildman–Crippen LogP) is 2.30. The first-order valence-electron chi connectivity index (χ1n) is 6.54. The molecular weight excluding hydrogens is 244 g/mol. The molecule has 1 saturated heterocycles. The van der Waals surface area contributed by atoms with Crippen molar-refractivity contribution in [2.75, 3.05) is 32.5 Å². The average molecular weight is 267 g/mol. The number of hydrogen-bond donors (Lipinski definition) is 0. The van der Waals surface area contributed by atoms with E-state index in [2.05, 4.69) is 55.5 Å². The van der Waals surface area contributed by atoms with Crippen molar-refractivity contribution in [3.8, 4) is 0 Å². The van der Waals surface area contributed by atoms with E-state index in [9.17, 15) is 0 Å². The fourth-order valence-electron chi connectivity index (χ4n) is 2.04. The van der Waals surface area contributed by atoms with Gasteiger partial charge in [-0.1, -0.05) is 11.8 Å². The Morgan fingerprint density at radius 2 is 2.28 bits per heavy atom. The molecule has 0 atom stereocenters. The van der Waals surface area contributed by atoms with E-state index in [4.69, 9.17) is 4.74 Å². The molecule has 2 aliphatic rings. The summed E-state index contributed by atoms with van der Waals surface area (Å²) in [6.45, 7) is 9.60. The van der Waals surface area contributed by atoms with E-state index < -0.39 is 0 Å². The number of thioether (sulfide) groups is 1. The summed E-state index contributed by atoms with van der Waals surface area (Å²) in [4.78, 5) is 2.20. The molecule has 3 nitrogen and oxygen atoms in total.